The fourth-order valence-corrected chi connectivity index (χ4v) is 2.83. The first-order chi connectivity index (χ1) is 10.6. The van der Waals surface area contributed by atoms with Crippen LogP contribution in [-0.2, 0) is 0 Å². The average Bonchev–Trinajstić information content (AvgIpc) is 2.56. The van der Waals surface area contributed by atoms with Crippen molar-refractivity contribution in [2.75, 3.05) is 31.1 Å². The minimum atomic E-state index is 0.0556. The summed E-state index contributed by atoms with van der Waals surface area (Å²) in [4.78, 5) is 20.9. The van der Waals surface area contributed by atoms with E-state index in [1.807, 2.05) is 17.0 Å². The number of rotatable bonds is 2. The van der Waals surface area contributed by atoms with Gasteiger partial charge in [0.25, 0.3) is 5.91 Å². The third-order valence-electron chi connectivity index (χ3n) is 3.69. The number of aromatic nitrogens is 1. The van der Waals surface area contributed by atoms with Crippen LogP contribution in [0.15, 0.2) is 47.1 Å². The number of pyridine rings is 1. The lowest BCUT2D eigenvalue weighted by Gasteiger charge is -2.35. The maximum atomic E-state index is 12.4. The number of carbonyl (C=O) groups is 1. The molecule has 22 heavy (non-hydrogen) atoms. The molecule has 1 aromatic carbocycles. The lowest BCUT2D eigenvalue weighted by Crippen LogP contribution is -2.49. The van der Waals surface area contributed by atoms with Crippen molar-refractivity contribution in [1.29, 1.82) is 0 Å². The molecule has 0 N–H and O–H groups in total. The van der Waals surface area contributed by atoms with Crippen LogP contribution in [0.4, 0.5) is 5.82 Å². The molecule has 1 aliphatic rings. The van der Waals surface area contributed by atoms with Gasteiger partial charge in [-0.25, -0.2) is 4.98 Å². The summed E-state index contributed by atoms with van der Waals surface area (Å²) in [6.45, 7) is 2.96. The van der Waals surface area contributed by atoms with Crippen molar-refractivity contribution in [2.45, 2.75) is 0 Å². The van der Waals surface area contributed by atoms with Crippen LogP contribution in [0.5, 0.6) is 0 Å². The predicted molar refractivity (Wildman–Crippen MR) is 91.5 cm³/mol. The molecular weight excluding hydrogens is 366 g/mol. The van der Waals surface area contributed by atoms with Crippen molar-refractivity contribution in [3.8, 4) is 0 Å². The molecule has 0 bridgehead atoms. The van der Waals surface area contributed by atoms with E-state index in [1.54, 1.807) is 30.5 Å². The number of nitrogens with zero attached hydrogens (tertiary/aromatic N) is 3. The number of amides is 1. The summed E-state index contributed by atoms with van der Waals surface area (Å²) >= 11 is 9.24. The van der Waals surface area contributed by atoms with Crippen LogP contribution in [0.3, 0.4) is 0 Å². The predicted octanol–water partition coefficient (Wildman–Crippen LogP) is 3.46. The lowest BCUT2D eigenvalue weighted by atomic mass is 10.2. The second-order valence-electron chi connectivity index (χ2n) is 5.12. The Kier molecular flexibility index (Phi) is 4.64. The third kappa shape index (κ3) is 3.42. The summed E-state index contributed by atoms with van der Waals surface area (Å²) in [7, 11) is 0. The van der Waals surface area contributed by atoms with Gasteiger partial charge < -0.3 is 9.80 Å². The van der Waals surface area contributed by atoms with Gasteiger partial charge in [0, 0.05) is 47.4 Å². The van der Waals surface area contributed by atoms with Gasteiger partial charge in [0.2, 0.25) is 0 Å². The maximum absolute atomic E-state index is 12.4. The second-order valence-corrected chi connectivity index (χ2v) is 6.47. The highest BCUT2D eigenvalue weighted by Crippen LogP contribution is 2.18. The van der Waals surface area contributed by atoms with Crippen molar-refractivity contribution in [3.63, 3.8) is 0 Å². The van der Waals surface area contributed by atoms with Crippen LogP contribution in [0, 0.1) is 0 Å². The van der Waals surface area contributed by atoms with Gasteiger partial charge in [-0.1, -0.05) is 11.6 Å². The fraction of sp³-hybridized carbons (Fsp3) is 0.250. The molecule has 1 fully saturated rings. The molecule has 0 unspecified atom stereocenters. The van der Waals surface area contributed by atoms with Crippen molar-refractivity contribution in [3.05, 3.63) is 57.7 Å². The second kappa shape index (κ2) is 6.67. The molecule has 0 radical (unpaired) electrons. The topological polar surface area (TPSA) is 36.4 Å². The number of hydrogen-bond acceptors (Lipinski definition) is 3. The summed E-state index contributed by atoms with van der Waals surface area (Å²) in [6.07, 6.45) is 1.79. The van der Waals surface area contributed by atoms with Gasteiger partial charge >= 0.3 is 0 Å². The minimum absolute atomic E-state index is 0.0556. The lowest BCUT2D eigenvalue weighted by molar-refractivity contribution is 0.0746. The zero-order valence-electron chi connectivity index (χ0n) is 11.9. The summed E-state index contributed by atoms with van der Waals surface area (Å²) in [5.41, 5.74) is 0.680. The summed E-state index contributed by atoms with van der Waals surface area (Å²) in [5.74, 6) is 1.00. The van der Waals surface area contributed by atoms with E-state index in [2.05, 4.69) is 25.8 Å². The number of hydrogen-bond donors (Lipinski definition) is 0. The Morgan fingerprint density at radius 2 is 1.73 bits per heavy atom. The van der Waals surface area contributed by atoms with E-state index in [-0.39, 0.29) is 5.91 Å². The summed E-state index contributed by atoms with van der Waals surface area (Å²) in [5, 5.41) is 0.641. The Hall–Kier alpha value is -1.59. The SMILES string of the molecule is O=C(c1ccc(Cl)cc1)N1CCN(c2ccc(Br)cn2)CC1. The van der Waals surface area contributed by atoms with Gasteiger partial charge in [-0.05, 0) is 52.3 Å². The van der Waals surface area contributed by atoms with E-state index < -0.39 is 0 Å². The van der Waals surface area contributed by atoms with Crippen LogP contribution in [0.2, 0.25) is 5.02 Å². The van der Waals surface area contributed by atoms with E-state index in [4.69, 9.17) is 11.6 Å². The first-order valence-electron chi connectivity index (χ1n) is 7.05. The largest absolute Gasteiger partial charge is 0.353 e. The van der Waals surface area contributed by atoms with Crippen LogP contribution in [0.25, 0.3) is 0 Å². The normalized spacial score (nSPS) is 15.0. The molecule has 2 aromatic rings. The zero-order chi connectivity index (χ0) is 15.5. The number of carbonyl (C=O) groups excluding carboxylic acids is 1. The highest BCUT2D eigenvalue weighted by atomic mass is 79.9. The van der Waals surface area contributed by atoms with Crippen molar-refractivity contribution in [2.24, 2.45) is 0 Å². The highest BCUT2D eigenvalue weighted by molar-refractivity contribution is 9.10. The maximum Gasteiger partial charge on any atom is 0.253 e. The van der Waals surface area contributed by atoms with E-state index in [0.717, 1.165) is 23.4 Å². The molecule has 6 heteroatoms. The number of piperazine rings is 1. The Labute approximate surface area is 142 Å². The number of benzene rings is 1. The molecule has 0 atom stereocenters. The molecule has 0 saturated carbocycles. The van der Waals surface area contributed by atoms with Crippen molar-refractivity contribution >= 4 is 39.3 Å². The van der Waals surface area contributed by atoms with Gasteiger partial charge in [-0.3, -0.25) is 4.79 Å². The van der Waals surface area contributed by atoms with Gasteiger partial charge in [-0.2, -0.15) is 0 Å². The van der Waals surface area contributed by atoms with Gasteiger partial charge in [0.15, 0.2) is 0 Å². The molecule has 0 spiro atoms. The molecule has 0 aliphatic carbocycles. The Morgan fingerprint density at radius 1 is 1.05 bits per heavy atom. The summed E-state index contributed by atoms with van der Waals surface area (Å²) < 4.78 is 0.966. The Bertz CT molecular complexity index is 652. The van der Waals surface area contributed by atoms with Crippen molar-refractivity contribution < 1.29 is 4.79 Å². The molecule has 114 valence electrons. The molecule has 1 aromatic heterocycles. The van der Waals surface area contributed by atoms with Gasteiger partial charge in [-0.15, -0.1) is 0 Å². The highest BCUT2D eigenvalue weighted by Gasteiger charge is 2.22. The number of halogens is 2. The first-order valence-corrected chi connectivity index (χ1v) is 8.22. The fourth-order valence-electron chi connectivity index (χ4n) is 2.47. The molecular formula is C16H15BrClN3O. The van der Waals surface area contributed by atoms with E-state index in [9.17, 15) is 4.79 Å². The van der Waals surface area contributed by atoms with Gasteiger partial charge in [0.1, 0.15) is 5.82 Å². The zero-order valence-corrected chi connectivity index (χ0v) is 14.2. The quantitative estimate of drug-likeness (QED) is 0.800. The Morgan fingerprint density at radius 3 is 2.32 bits per heavy atom. The smallest absolute Gasteiger partial charge is 0.253 e. The molecule has 1 aliphatic heterocycles. The van der Waals surface area contributed by atoms with Crippen LogP contribution >= 0.6 is 27.5 Å². The molecule has 1 saturated heterocycles. The Balaban J connectivity index is 1.62. The molecule has 3 rings (SSSR count). The molecule has 1 amide bonds. The standard InChI is InChI=1S/C16H15BrClN3O/c17-13-3-6-15(19-11-13)20-7-9-21(10-8-20)16(22)12-1-4-14(18)5-2-12/h1-6,11H,7-10H2. The first kappa shape index (κ1) is 15.3. The van der Waals surface area contributed by atoms with Crippen LogP contribution < -0.4 is 4.90 Å². The minimum Gasteiger partial charge on any atom is -0.353 e. The van der Waals surface area contributed by atoms with Crippen LogP contribution in [0.1, 0.15) is 10.4 Å². The number of anilines is 1. The summed E-state index contributed by atoms with van der Waals surface area (Å²) in [6, 6.07) is 11.0. The van der Waals surface area contributed by atoms with Gasteiger partial charge in [0.05, 0.1) is 0 Å². The van der Waals surface area contributed by atoms with Crippen molar-refractivity contribution in [1.82, 2.24) is 9.88 Å². The monoisotopic (exact) mass is 379 g/mol. The third-order valence-corrected chi connectivity index (χ3v) is 4.41. The molecule has 2 heterocycles. The van der Waals surface area contributed by atoms with E-state index in [1.165, 1.54) is 0 Å². The van der Waals surface area contributed by atoms with E-state index >= 15 is 0 Å². The van der Waals surface area contributed by atoms with Crippen LogP contribution in [-0.4, -0.2) is 42.0 Å². The average molecular weight is 381 g/mol. The molecule has 4 nitrogen and oxygen atoms in total. The van der Waals surface area contributed by atoms with E-state index in [0.29, 0.717) is 23.7 Å².